The summed E-state index contributed by atoms with van der Waals surface area (Å²) in [5, 5.41) is 3.21. The van der Waals surface area contributed by atoms with Crippen molar-refractivity contribution in [2.24, 2.45) is 0 Å². The van der Waals surface area contributed by atoms with Crippen LogP contribution in [0.2, 0.25) is 0 Å². The van der Waals surface area contributed by atoms with Gasteiger partial charge in [-0.15, -0.1) is 0 Å². The van der Waals surface area contributed by atoms with Gasteiger partial charge in [0.05, 0.1) is 13.2 Å². The molecule has 5 heteroatoms. The van der Waals surface area contributed by atoms with E-state index in [1.807, 2.05) is 7.05 Å². The molecule has 0 saturated carbocycles. The molecule has 0 heterocycles. The van der Waals surface area contributed by atoms with Crippen LogP contribution in [0.25, 0.3) is 0 Å². The summed E-state index contributed by atoms with van der Waals surface area (Å²) in [7, 11) is 7.18. The zero-order valence-electron chi connectivity index (χ0n) is 11.7. The molecule has 0 radical (unpaired) electrons. The van der Waals surface area contributed by atoms with Crippen LogP contribution in [0.3, 0.4) is 0 Å². The Hall–Kier alpha value is -0.200. The lowest BCUT2D eigenvalue weighted by Crippen LogP contribution is -2.46. The molecule has 0 amide bonds. The molecule has 17 heavy (non-hydrogen) atoms. The summed E-state index contributed by atoms with van der Waals surface area (Å²) in [6, 6.07) is 0.386. The van der Waals surface area contributed by atoms with E-state index in [0.29, 0.717) is 6.04 Å². The average molecular weight is 248 g/mol. The average Bonchev–Trinajstić information content (AvgIpc) is 2.33. The fourth-order valence-corrected chi connectivity index (χ4v) is 1.82. The van der Waals surface area contributed by atoms with Crippen LogP contribution in [0.5, 0.6) is 0 Å². The fourth-order valence-electron chi connectivity index (χ4n) is 1.82. The number of likely N-dealkylation sites (N-methyl/N-ethyl adjacent to an activating group) is 1. The van der Waals surface area contributed by atoms with Crippen LogP contribution in [0, 0.1) is 0 Å². The van der Waals surface area contributed by atoms with Gasteiger partial charge in [0.25, 0.3) is 0 Å². The Morgan fingerprint density at radius 1 is 1.00 bits per heavy atom. The molecule has 0 saturated heterocycles. The van der Waals surface area contributed by atoms with Crippen LogP contribution in [0.4, 0.5) is 0 Å². The highest BCUT2D eigenvalue weighted by molar-refractivity contribution is 4.73. The molecule has 0 aliphatic heterocycles. The van der Waals surface area contributed by atoms with Crippen molar-refractivity contribution >= 4 is 0 Å². The predicted molar refractivity (Wildman–Crippen MR) is 69.5 cm³/mol. The summed E-state index contributed by atoms with van der Waals surface area (Å²) < 4.78 is 15.5. The molecule has 0 rings (SSSR count). The molecule has 0 aliphatic rings. The maximum atomic E-state index is 5.27. The minimum Gasteiger partial charge on any atom is -0.385 e. The van der Waals surface area contributed by atoms with Crippen molar-refractivity contribution in [1.82, 2.24) is 10.2 Å². The molecule has 1 N–H and O–H groups in total. The summed E-state index contributed by atoms with van der Waals surface area (Å²) in [5.41, 5.74) is 0. The van der Waals surface area contributed by atoms with Crippen LogP contribution >= 0.6 is 0 Å². The second-order valence-corrected chi connectivity index (χ2v) is 4.04. The van der Waals surface area contributed by atoms with E-state index in [2.05, 4.69) is 10.2 Å². The molecule has 0 aliphatic carbocycles. The zero-order valence-corrected chi connectivity index (χ0v) is 11.7. The summed E-state index contributed by atoms with van der Waals surface area (Å²) in [4.78, 5) is 2.39. The Labute approximate surface area is 105 Å². The van der Waals surface area contributed by atoms with Gasteiger partial charge in [0.2, 0.25) is 0 Å². The third-order valence-electron chi connectivity index (χ3n) is 2.69. The molecule has 0 bridgehead atoms. The van der Waals surface area contributed by atoms with E-state index < -0.39 is 0 Å². The number of ether oxygens (including phenoxy) is 3. The van der Waals surface area contributed by atoms with Crippen molar-refractivity contribution < 1.29 is 14.2 Å². The topological polar surface area (TPSA) is 43.0 Å². The van der Waals surface area contributed by atoms with Crippen LogP contribution in [-0.4, -0.2) is 78.8 Å². The highest BCUT2D eigenvalue weighted by Crippen LogP contribution is 2.02. The second-order valence-electron chi connectivity index (χ2n) is 4.04. The largest absolute Gasteiger partial charge is 0.385 e. The van der Waals surface area contributed by atoms with Gasteiger partial charge in [0, 0.05) is 53.6 Å². The van der Waals surface area contributed by atoms with E-state index in [-0.39, 0.29) is 0 Å². The third kappa shape index (κ3) is 8.51. The lowest BCUT2D eigenvalue weighted by atomic mass is 10.2. The third-order valence-corrected chi connectivity index (χ3v) is 2.69. The van der Waals surface area contributed by atoms with Crippen LogP contribution in [0.1, 0.15) is 6.42 Å². The highest BCUT2D eigenvalue weighted by Gasteiger charge is 2.17. The molecule has 5 nitrogen and oxygen atoms in total. The van der Waals surface area contributed by atoms with Gasteiger partial charge in [0.15, 0.2) is 0 Å². The highest BCUT2D eigenvalue weighted by atomic mass is 16.5. The van der Waals surface area contributed by atoms with Gasteiger partial charge in [-0.2, -0.15) is 0 Å². The minimum atomic E-state index is 0.386. The fraction of sp³-hybridized carbons (Fsp3) is 1.00. The minimum absolute atomic E-state index is 0.386. The number of methoxy groups -OCH3 is 3. The molecule has 0 aromatic rings. The van der Waals surface area contributed by atoms with Gasteiger partial charge in [-0.05, 0) is 13.5 Å². The normalized spacial score (nSPS) is 13.2. The molecule has 0 spiro atoms. The number of nitrogens with one attached hydrogen (secondary N) is 1. The van der Waals surface area contributed by atoms with Crippen molar-refractivity contribution in [3.63, 3.8) is 0 Å². The second kappa shape index (κ2) is 12.3. The maximum Gasteiger partial charge on any atom is 0.0630 e. The maximum absolute atomic E-state index is 5.27. The summed E-state index contributed by atoms with van der Waals surface area (Å²) in [5.74, 6) is 0. The van der Waals surface area contributed by atoms with Gasteiger partial charge < -0.3 is 19.5 Å². The lowest BCUT2D eigenvalue weighted by molar-refractivity contribution is 0.0613. The molecular formula is C12H28N2O3. The monoisotopic (exact) mass is 248 g/mol. The molecule has 0 aromatic heterocycles. The van der Waals surface area contributed by atoms with Crippen LogP contribution in [0.15, 0.2) is 0 Å². The Balaban J connectivity index is 4.15. The van der Waals surface area contributed by atoms with Gasteiger partial charge in [-0.3, -0.25) is 4.90 Å². The van der Waals surface area contributed by atoms with Crippen molar-refractivity contribution in [1.29, 1.82) is 0 Å². The Morgan fingerprint density at radius 2 is 1.71 bits per heavy atom. The lowest BCUT2D eigenvalue weighted by Gasteiger charge is -2.31. The summed E-state index contributed by atoms with van der Waals surface area (Å²) >= 11 is 0. The smallest absolute Gasteiger partial charge is 0.0630 e. The van der Waals surface area contributed by atoms with Crippen LogP contribution in [-0.2, 0) is 14.2 Å². The molecule has 1 atom stereocenters. The van der Waals surface area contributed by atoms with Gasteiger partial charge in [0.1, 0.15) is 0 Å². The van der Waals surface area contributed by atoms with E-state index in [4.69, 9.17) is 14.2 Å². The van der Waals surface area contributed by atoms with Gasteiger partial charge in [-0.1, -0.05) is 0 Å². The van der Waals surface area contributed by atoms with Gasteiger partial charge in [-0.25, -0.2) is 0 Å². The molecule has 1 unspecified atom stereocenters. The van der Waals surface area contributed by atoms with Crippen molar-refractivity contribution in [3.05, 3.63) is 0 Å². The van der Waals surface area contributed by atoms with E-state index >= 15 is 0 Å². The molecule has 0 fully saturated rings. The first-order valence-electron chi connectivity index (χ1n) is 6.15. The van der Waals surface area contributed by atoms with Crippen LogP contribution < -0.4 is 5.32 Å². The van der Waals surface area contributed by atoms with Crippen molar-refractivity contribution in [3.8, 4) is 0 Å². The van der Waals surface area contributed by atoms with E-state index in [1.165, 1.54) is 0 Å². The Morgan fingerprint density at radius 3 is 2.24 bits per heavy atom. The number of nitrogens with zero attached hydrogens (tertiary/aromatic N) is 1. The first-order valence-corrected chi connectivity index (χ1v) is 6.15. The van der Waals surface area contributed by atoms with E-state index in [1.54, 1.807) is 21.3 Å². The number of hydrogen-bond acceptors (Lipinski definition) is 5. The standard InChI is InChI=1S/C12H28N2O3/c1-13-10-12(11-17-4)14(7-9-16-3)6-5-8-15-2/h12-13H,5-11H2,1-4H3. The first kappa shape index (κ1) is 16.8. The predicted octanol–water partition coefficient (Wildman–Crippen LogP) is 0.206. The quantitative estimate of drug-likeness (QED) is 0.500. The molecule has 104 valence electrons. The number of hydrogen-bond donors (Lipinski definition) is 1. The van der Waals surface area contributed by atoms with E-state index in [9.17, 15) is 0 Å². The zero-order chi connectivity index (χ0) is 12.9. The van der Waals surface area contributed by atoms with Crippen molar-refractivity contribution in [2.45, 2.75) is 12.5 Å². The van der Waals surface area contributed by atoms with Crippen molar-refractivity contribution in [2.75, 3.05) is 67.8 Å². The molecular weight excluding hydrogens is 220 g/mol. The van der Waals surface area contributed by atoms with Gasteiger partial charge >= 0.3 is 0 Å². The Kier molecular flexibility index (Phi) is 12.1. The number of rotatable bonds is 12. The first-order chi connectivity index (χ1) is 8.29. The molecule has 0 aromatic carbocycles. The summed E-state index contributed by atoms with van der Waals surface area (Å²) in [6.07, 6.45) is 1.03. The SMILES string of the molecule is CNCC(COC)N(CCCOC)CCOC. The van der Waals surface area contributed by atoms with E-state index in [0.717, 1.165) is 45.9 Å². The summed E-state index contributed by atoms with van der Waals surface area (Å²) in [6.45, 7) is 5.13. The Bertz CT molecular complexity index is 153.